The van der Waals surface area contributed by atoms with E-state index in [0.29, 0.717) is 13.0 Å². The largest absolute Gasteiger partial charge is 0.493 e. The molecular weight excluding hydrogens is 318 g/mol. The minimum absolute atomic E-state index is 0.0547. The van der Waals surface area contributed by atoms with Crippen molar-refractivity contribution in [1.29, 1.82) is 0 Å². The molecule has 104 valence electrons. The number of carbonyl (C=O) groups is 1. The topological polar surface area (TPSA) is 38.3 Å². The van der Waals surface area contributed by atoms with Crippen LogP contribution >= 0.6 is 15.9 Å². The predicted molar refractivity (Wildman–Crippen MR) is 84.1 cm³/mol. The fourth-order valence-corrected chi connectivity index (χ4v) is 1.99. The van der Waals surface area contributed by atoms with Crippen molar-refractivity contribution in [2.75, 3.05) is 11.9 Å². The molecule has 1 N–H and O–H groups in total. The van der Waals surface area contributed by atoms with Crippen LogP contribution < -0.4 is 10.1 Å². The predicted octanol–water partition coefficient (Wildman–Crippen LogP) is 4.17. The Hall–Kier alpha value is -1.81. The molecule has 0 atom stereocenters. The van der Waals surface area contributed by atoms with Crippen molar-refractivity contribution in [2.24, 2.45) is 0 Å². The van der Waals surface area contributed by atoms with Gasteiger partial charge in [0.1, 0.15) is 5.75 Å². The number of nitrogens with one attached hydrogen (secondary N) is 1. The van der Waals surface area contributed by atoms with Crippen LogP contribution in [0.1, 0.15) is 12.0 Å². The highest BCUT2D eigenvalue weighted by atomic mass is 79.9. The van der Waals surface area contributed by atoms with Crippen LogP contribution in [0.5, 0.6) is 5.75 Å². The zero-order valence-electron chi connectivity index (χ0n) is 11.2. The molecule has 2 rings (SSSR count). The van der Waals surface area contributed by atoms with E-state index in [1.165, 1.54) is 0 Å². The summed E-state index contributed by atoms with van der Waals surface area (Å²) < 4.78 is 6.58. The highest BCUT2D eigenvalue weighted by Crippen LogP contribution is 2.17. The van der Waals surface area contributed by atoms with Crippen molar-refractivity contribution in [3.63, 3.8) is 0 Å². The Morgan fingerprint density at radius 2 is 1.85 bits per heavy atom. The van der Waals surface area contributed by atoms with Crippen LogP contribution in [0.4, 0.5) is 5.69 Å². The number of halogens is 1. The van der Waals surface area contributed by atoms with Gasteiger partial charge in [-0.05, 0) is 42.8 Å². The molecule has 0 aliphatic heterocycles. The summed E-state index contributed by atoms with van der Waals surface area (Å²) >= 11 is 3.35. The van der Waals surface area contributed by atoms with Gasteiger partial charge in [-0.15, -0.1) is 0 Å². The second-order valence-corrected chi connectivity index (χ2v) is 5.33. The maximum Gasteiger partial charge on any atom is 0.227 e. The van der Waals surface area contributed by atoms with Gasteiger partial charge in [-0.3, -0.25) is 4.79 Å². The number of aryl methyl sites for hydroxylation is 1. The lowest BCUT2D eigenvalue weighted by Crippen LogP contribution is -2.15. The first-order valence-electron chi connectivity index (χ1n) is 6.39. The molecule has 0 saturated carbocycles. The molecular formula is C16H16BrNO2. The van der Waals surface area contributed by atoms with Crippen LogP contribution in [0, 0.1) is 6.92 Å². The molecule has 0 aliphatic rings. The molecule has 1 amide bonds. The van der Waals surface area contributed by atoms with E-state index in [-0.39, 0.29) is 5.91 Å². The van der Waals surface area contributed by atoms with Gasteiger partial charge in [0.25, 0.3) is 0 Å². The van der Waals surface area contributed by atoms with E-state index in [4.69, 9.17) is 4.74 Å². The van der Waals surface area contributed by atoms with E-state index < -0.39 is 0 Å². The molecule has 3 nitrogen and oxygen atoms in total. The zero-order valence-corrected chi connectivity index (χ0v) is 12.8. The molecule has 0 fully saturated rings. The fraction of sp³-hybridized carbons (Fsp3) is 0.188. The summed E-state index contributed by atoms with van der Waals surface area (Å²) in [4.78, 5) is 11.8. The van der Waals surface area contributed by atoms with Crippen LogP contribution in [-0.4, -0.2) is 12.5 Å². The Balaban J connectivity index is 1.78. The average Bonchev–Trinajstić information content (AvgIpc) is 2.43. The highest BCUT2D eigenvalue weighted by Gasteiger charge is 2.04. The quantitative estimate of drug-likeness (QED) is 0.891. The smallest absolute Gasteiger partial charge is 0.227 e. The number of hydrogen-bond acceptors (Lipinski definition) is 2. The Morgan fingerprint density at radius 1 is 1.15 bits per heavy atom. The standard InChI is InChI=1S/C16H16BrNO2/c1-12-4-2-3-5-15(12)20-11-10-16(19)18-14-8-6-13(17)7-9-14/h2-9H,10-11H2,1H3,(H,18,19). The number of anilines is 1. The first-order chi connectivity index (χ1) is 9.65. The average molecular weight is 334 g/mol. The van der Waals surface area contributed by atoms with E-state index in [9.17, 15) is 4.79 Å². The number of carbonyl (C=O) groups excluding carboxylic acids is 1. The Kier molecular flexibility index (Phi) is 5.18. The number of rotatable bonds is 5. The summed E-state index contributed by atoms with van der Waals surface area (Å²) in [6.07, 6.45) is 0.324. The van der Waals surface area contributed by atoms with E-state index in [1.54, 1.807) is 0 Å². The van der Waals surface area contributed by atoms with Gasteiger partial charge in [0.15, 0.2) is 0 Å². The van der Waals surface area contributed by atoms with E-state index in [0.717, 1.165) is 21.5 Å². The number of amides is 1. The summed E-state index contributed by atoms with van der Waals surface area (Å²) in [6, 6.07) is 15.2. The van der Waals surface area contributed by atoms with E-state index in [1.807, 2.05) is 55.5 Å². The monoisotopic (exact) mass is 333 g/mol. The van der Waals surface area contributed by atoms with Crippen LogP contribution in [0.25, 0.3) is 0 Å². The minimum atomic E-state index is -0.0547. The lowest BCUT2D eigenvalue weighted by molar-refractivity contribution is -0.116. The minimum Gasteiger partial charge on any atom is -0.493 e. The van der Waals surface area contributed by atoms with Crippen molar-refractivity contribution < 1.29 is 9.53 Å². The third-order valence-electron chi connectivity index (χ3n) is 2.81. The third kappa shape index (κ3) is 4.38. The number of hydrogen-bond donors (Lipinski definition) is 1. The van der Waals surface area contributed by atoms with Gasteiger partial charge in [0.2, 0.25) is 5.91 Å². The summed E-state index contributed by atoms with van der Waals surface area (Å²) in [7, 11) is 0. The Bertz CT molecular complexity index is 581. The lowest BCUT2D eigenvalue weighted by atomic mass is 10.2. The van der Waals surface area contributed by atoms with Crippen LogP contribution in [-0.2, 0) is 4.79 Å². The third-order valence-corrected chi connectivity index (χ3v) is 3.34. The molecule has 0 unspecified atom stereocenters. The molecule has 0 heterocycles. The first kappa shape index (κ1) is 14.6. The first-order valence-corrected chi connectivity index (χ1v) is 7.18. The molecule has 4 heteroatoms. The number of ether oxygens (including phenoxy) is 1. The maximum absolute atomic E-state index is 11.8. The van der Waals surface area contributed by atoms with Gasteiger partial charge >= 0.3 is 0 Å². The van der Waals surface area contributed by atoms with Crippen molar-refractivity contribution in [1.82, 2.24) is 0 Å². The van der Waals surface area contributed by atoms with Crippen molar-refractivity contribution in [3.8, 4) is 5.75 Å². The maximum atomic E-state index is 11.8. The van der Waals surface area contributed by atoms with Crippen molar-refractivity contribution in [3.05, 3.63) is 58.6 Å². The Morgan fingerprint density at radius 3 is 2.55 bits per heavy atom. The van der Waals surface area contributed by atoms with Gasteiger partial charge < -0.3 is 10.1 Å². The van der Waals surface area contributed by atoms with Crippen LogP contribution in [0.2, 0.25) is 0 Å². The van der Waals surface area contributed by atoms with Gasteiger partial charge in [-0.25, -0.2) is 0 Å². The number of benzene rings is 2. The summed E-state index contributed by atoms with van der Waals surface area (Å²) in [5.41, 5.74) is 1.86. The second-order valence-electron chi connectivity index (χ2n) is 4.42. The van der Waals surface area contributed by atoms with Gasteiger partial charge in [-0.1, -0.05) is 34.1 Å². The normalized spacial score (nSPS) is 10.1. The molecule has 2 aromatic rings. The molecule has 0 saturated heterocycles. The second kappa shape index (κ2) is 7.10. The van der Waals surface area contributed by atoms with Crippen LogP contribution in [0.15, 0.2) is 53.0 Å². The molecule has 0 aromatic heterocycles. The molecule has 0 bridgehead atoms. The van der Waals surface area contributed by atoms with E-state index in [2.05, 4.69) is 21.2 Å². The van der Waals surface area contributed by atoms with Crippen molar-refractivity contribution >= 4 is 27.5 Å². The highest BCUT2D eigenvalue weighted by molar-refractivity contribution is 9.10. The van der Waals surface area contributed by atoms with E-state index >= 15 is 0 Å². The van der Waals surface area contributed by atoms with Gasteiger partial charge in [0, 0.05) is 10.2 Å². The van der Waals surface area contributed by atoms with Crippen molar-refractivity contribution in [2.45, 2.75) is 13.3 Å². The molecule has 0 aliphatic carbocycles. The molecule has 0 spiro atoms. The lowest BCUT2D eigenvalue weighted by Gasteiger charge is -2.09. The summed E-state index contributed by atoms with van der Waals surface area (Å²) in [5.74, 6) is 0.768. The number of para-hydroxylation sites is 1. The summed E-state index contributed by atoms with van der Waals surface area (Å²) in [5, 5.41) is 2.83. The Labute approximate surface area is 127 Å². The zero-order chi connectivity index (χ0) is 14.4. The SMILES string of the molecule is Cc1ccccc1OCCC(=O)Nc1ccc(Br)cc1. The fourth-order valence-electron chi connectivity index (χ4n) is 1.73. The van der Waals surface area contributed by atoms with Crippen LogP contribution in [0.3, 0.4) is 0 Å². The summed E-state index contributed by atoms with van der Waals surface area (Å²) in [6.45, 7) is 2.35. The van der Waals surface area contributed by atoms with Gasteiger partial charge in [-0.2, -0.15) is 0 Å². The molecule has 20 heavy (non-hydrogen) atoms. The molecule has 2 aromatic carbocycles. The van der Waals surface area contributed by atoms with Gasteiger partial charge in [0.05, 0.1) is 13.0 Å². The molecule has 0 radical (unpaired) electrons.